The summed E-state index contributed by atoms with van der Waals surface area (Å²) in [5.41, 5.74) is 0.808. The van der Waals surface area contributed by atoms with Crippen LogP contribution in [0.4, 0.5) is 0 Å². The van der Waals surface area contributed by atoms with Crippen LogP contribution in [0.15, 0.2) is 40.9 Å². The standard InChI is InChI=1S/C21H23ClN2O5/c1-4-25-17-11-16(12-18(26-5-2)20(17)27-6-3)28-13-19-23-21(24-29-19)14-7-9-15(22)10-8-14/h7-12H,4-6,13H2,1-3H3. The zero-order valence-corrected chi connectivity index (χ0v) is 17.4. The second kappa shape index (κ2) is 10.0. The van der Waals surface area contributed by atoms with Crippen LogP contribution in [0, 0.1) is 0 Å². The van der Waals surface area contributed by atoms with E-state index >= 15 is 0 Å². The monoisotopic (exact) mass is 418 g/mol. The van der Waals surface area contributed by atoms with Crippen molar-refractivity contribution < 1.29 is 23.5 Å². The second-order valence-electron chi connectivity index (χ2n) is 5.85. The summed E-state index contributed by atoms with van der Waals surface area (Å²) in [4.78, 5) is 4.36. The van der Waals surface area contributed by atoms with Crippen LogP contribution in [-0.4, -0.2) is 30.0 Å². The molecule has 7 nitrogen and oxygen atoms in total. The van der Waals surface area contributed by atoms with Crippen LogP contribution in [0.2, 0.25) is 5.02 Å². The van der Waals surface area contributed by atoms with Gasteiger partial charge in [0.2, 0.25) is 11.6 Å². The molecule has 0 atom stereocenters. The Morgan fingerprint density at radius 3 is 2.07 bits per heavy atom. The summed E-state index contributed by atoms with van der Waals surface area (Å²) < 4.78 is 28.2. The molecule has 29 heavy (non-hydrogen) atoms. The summed E-state index contributed by atoms with van der Waals surface area (Å²) in [6.45, 7) is 7.29. The van der Waals surface area contributed by atoms with Crippen molar-refractivity contribution >= 4 is 11.6 Å². The number of aromatic nitrogens is 2. The van der Waals surface area contributed by atoms with Gasteiger partial charge < -0.3 is 23.5 Å². The lowest BCUT2D eigenvalue weighted by molar-refractivity contribution is 0.233. The van der Waals surface area contributed by atoms with Crippen molar-refractivity contribution in [2.24, 2.45) is 0 Å². The zero-order valence-electron chi connectivity index (χ0n) is 16.6. The third-order valence-corrected chi connectivity index (χ3v) is 4.07. The zero-order chi connectivity index (χ0) is 20.6. The van der Waals surface area contributed by atoms with Gasteiger partial charge in [-0.3, -0.25) is 0 Å². The Morgan fingerprint density at radius 1 is 0.862 bits per heavy atom. The Morgan fingerprint density at radius 2 is 1.48 bits per heavy atom. The predicted molar refractivity (Wildman–Crippen MR) is 109 cm³/mol. The van der Waals surface area contributed by atoms with Gasteiger partial charge >= 0.3 is 0 Å². The topological polar surface area (TPSA) is 75.8 Å². The highest BCUT2D eigenvalue weighted by Gasteiger charge is 2.17. The van der Waals surface area contributed by atoms with E-state index in [1.165, 1.54) is 0 Å². The van der Waals surface area contributed by atoms with Gasteiger partial charge in [0.25, 0.3) is 5.89 Å². The lowest BCUT2D eigenvalue weighted by Gasteiger charge is -2.17. The number of hydrogen-bond donors (Lipinski definition) is 0. The van der Waals surface area contributed by atoms with Crippen molar-refractivity contribution in [3.8, 4) is 34.4 Å². The third-order valence-electron chi connectivity index (χ3n) is 3.82. The van der Waals surface area contributed by atoms with Gasteiger partial charge in [0.15, 0.2) is 18.1 Å². The summed E-state index contributed by atoms with van der Waals surface area (Å²) in [5, 5.41) is 4.63. The van der Waals surface area contributed by atoms with Crippen molar-refractivity contribution in [3.63, 3.8) is 0 Å². The van der Waals surface area contributed by atoms with Gasteiger partial charge in [0, 0.05) is 22.7 Å². The molecule has 0 bridgehead atoms. The Labute approximate surface area is 174 Å². The van der Waals surface area contributed by atoms with Gasteiger partial charge in [0.1, 0.15) is 5.75 Å². The molecule has 0 aliphatic carbocycles. The first-order chi connectivity index (χ1) is 14.1. The molecule has 0 spiro atoms. The Balaban J connectivity index is 1.76. The fourth-order valence-corrected chi connectivity index (χ4v) is 2.75. The SMILES string of the molecule is CCOc1cc(OCc2nc(-c3ccc(Cl)cc3)no2)cc(OCC)c1OCC. The Hall–Kier alpha value is -2.93. The van der Waals surface area contributed by atoms with Crippen molar-refractivity contribution in [3.05, 3.63) is 47.3 Å². The lowest BCUT2D eigenvalue weighted by atomic mass is 10.2. The van der Waals surface area contributed by atoms with Gasteiger partial charge in [-0.2, -0.15) is 4.98 Å². The molecule has 0 fully saturated rings. The third kappa shape index (κ3) is 5.32. The summed E-state index contributed by atoms with van der Waals surface area (Å²) in [6, 6.07) is 10.7. The van der Waals surface area contributed by atoms with E-state index < -0.39 is 0 Å². The van der Waals surface area contributed by atoms with E-state index in [-0.39, 0.29) is 6.61 Å². The minimum absolute atomic E-state index is 0.103. The molecule has 0 saturated heterocycles. The van der Waals surface area contributed by atoms with E-state index in [2.05, 4.69) is 10.1 Å². The minimum atomic E-state index is 0.103. The van der Waals surface area contributed by atoms with Crippen molar-refractivity contribution in [1.29, 1.82) is 0 Å². The number of halogens is 1. The van der Waals surface area contributed by atoms with E-state index in [0.29, 0.717) is 59.6 Å². The highest BCUT2D eigenvalue weighted by Crippen LogP contribution is 2.41. The molecule has 2 aromatic carbocycles. The van der Waals surface area contributed by atoms with Crippen molar-refractivity contribution in [1.82, 2.24) is 10.1 Å². The van der Waals surface area contributed by atoms with E-state index in [4.69, 9.17) is 35.1 Å². The van der Waals surface area contributed by atoms with Crippen LogP contribution in [0.5, 0.6) is 23.0 Å². The van der Waals surface area contributed by atoms with Crippen LogP contribution in [0.1, 0.15) is 26.7 Å². The summed E-state index contributed by atoms with van der Waals surface area (Å²) >= 11 is 5.91. The minimum Gasteiger partial charge on any atom is -0.490 e. The molecule has 3 aromatic rings. The molecule has 1 aromatic heterocycles. The summed E-state index contributed by atoms with van der Waals surface area (Å²) in [5.74, 6) is 3.04. The van der Waals surface area contributed by atoms with Crippen molar-refractivity contribution in [2.75, 3.05) is 19.8 Å². The number of rotatable bonds is 10. The van der Waals surface area contributed by atoms with Crippen LogP contribution in [0.3, 0.4) is 0 Å². The molecule has 0 radical (unpaired) electrons. The molecule has 0 aliphatic heterocycles. The first kappa shape index (κ1) is 20.8. The number of benzene rings is 2. The largest absolute Gasteiger partial charge is 0.490 e. The van der Waals surface area contributed by atoms with Crippen LogP contribution >= 0.6 is 11.6 Å². The second-order valence-corrected chi connectivity index (χ2v) is 6.29. The maximum absolute atomic E-state index is 5.91. The number of hydrogen-bond acceptors (Lipinski definition) is 7. The smallest absolute Gasteiger partial charge is 0.264 e. The fraction of sp³-hybridized carbons (Fsp3) is 0.333. The Bertz CT molecular complexity index is 900. The first-order valence-corrected chi connectivity index (χ1v) is 9.80. The molecule has 0 aliphatic rings. The molecule has 3 rings (SSSR count). The first-order valence-electron chi connectivity index (χ1n) is 9.42. The maximum atomic E-state index is 5.91. The maximum Gasteiger partial charge on any atom is 0.264 e. The molecule has 0 amide bonds. The highest BCUT2D eigenvalue weighted by molar-refractivity contribution is 6.30. The molecule has 8 heteroatoms. The molecule has 0 unspecified atom stereocenters. The average Bonchev–Trinajstić information content (AvgIpc) is 3.19. The molecule has 0 N–H and O–H groups in total. The summed E-state index contributed by atoms with van der Waals surface area (Å²) in [6.07, 6.45) is 0. The molecule has 1 heterocycles. The lowest BCUT2D eigenvalue weighted by Crippen LogP contribution is -2.04. The van der Waals surface area contributed by atoms with Crippen LogP contribution in [0.25, 0.3) is 11.4 Å². The number of ether oxygens (including phenoxy) is 4. The van der Waals surface area contributed by atoms with Gasteiger partial charge in [-0.15, -0.1) is 0 Å². The van der Waals surface area contributed by atoms with Crippen LogP contribution in [-0.2, 0) is 6.61 Å². The predicted octanol–water partition coefficient (Wildman–Crippen LogP) is 5.17. The van der Waals surface area contributed by atoms with E-state index in [0.717, 1.165) is 5.56 Å². The molecular formula is C21H23ClN2O5. The quantitative estimate of drug-likeness (QED) is 0.449. The van der Waals surface area contributed by atoms with Gasteiger partial charge in [-0.1, -0.05) is 16.8 Å². The highest BCUT2D eigenvalue weighted by atomic mass is 35.5. The van der Waals surface area contributed by atoms with Gasteiger partial charge in [-0.05, 0) is 45.0 Å². The molecule has 0 saturated carbocycles. The fourth-order valence-electron chi connectivity index (χ4n) is 2.62. The van der Waals surface area contributed by atoms with Crippen molar-refractivity contribution in [2.45, 2.75) is 27.4 Å². The normalized spacial score (nSPS) is 10.6. The van der Waals surface area contributed by atoms with Gasteiger partial charge in [-0.25, -0.2) is 0 Å². The van der Waals surface area contributed by atoms with E-state index in [1.807, 2.05) is 32.9 Å². The van der Waals surface area contributed by atoms with Gasteiger partial charge in [0.05, 0.1) is 19.8 Å². The summed E-state index contributed by atoms with van der Waals surface area (Å²) in [7, 11) is 0. The average molecular weight is 419 g/mol. The molecule has 154 valence electrons. The van der Waals surface area contributed by atoms with E-state index in [1.54, 1.807) is 24.3 Å². The van der Waals surface area contributed by atoms with E-state index in [9.17, 15) is 0 Å². The number of nitrogens with zero attached hydrogens (tertiary/aromatic N) is 2. The van der Waals surface area contributed by atoms with Crippen LogP contribution < -0.4 is 18.9 Å². The molecular weight excluding hydrogens is 396 g/mol. The Kier molecular flexibility index (Phi) is 7.19.